The molecule has 448 valence electrons. The zero-order valence-electron chi connectivity index (χ0n) is 49.7. The molecule has 13 aromatic carbocycles. The van der Waals surface area contributed by atoms with E-state index in [9.17, 15) is 0 Å². The molecule has 0 N–H and O–H groups in total. The minimum atomic E-state index is -1.85. The fraction of sp³-hybridized carbons (Fsp3) is 0.0238. The zero-order chi connectivity index (χ0) is 63.5. The lowest BCUT2D eigenvalue weighted by Gasteiger charge is -2.36. The van der Waals surface area contributed by atoms with Crippen LogP contribution in [0.3, 0.4) is 0 Å². The summed E-state index contributed by atoms with van der Waals surface area (Å²) in [6.45, 7) is 7.71. The first-order valence-corrected chi connectivity index (χ1v) is 30.3. The van der Waals surface area contributed by atoms with Crippen LogP contribution in [0.25, 0.3) is 56.7 Å². The van der Waals surface area contributed by atoms with Crippen molar-refractivity contribution in [2.75, 3.05) is 4.90 Å². The van der Waals surface area contributed by atoms with E-state index < -0.39 is 56.9 Å². The van der Waals surface area contributed by atoms with Crippen molar-refractivity contribution in [1.29, 1.82) is 0 Å². The monoisotopic (exact) mass is 1220 g/mol. The smallest absolute Gasteiger partial charge is 0.166 e. The number of fused-ring (bicyclic) bond motifs is 6. The molecule has 2 unspecified atom stereocenters. The van der Waals surface area contributed by atoms with E-state index in [0.29, 0.717) is 95.7 Å². The topological polar surface area (TPSA) is 21.7 Å². The first kappa shape index (κ1) is 57.7. The maximum Gasteiger partial charge on any atom is 0.166 e. The SMILES string of the molecule is C=Cc1ccc(Oc2ccc(C3(c4c(F)ccc(F)c4F)c4ccccc4-c4ccc(N(c5cccc(-c6cccc(-c7ccccc7)c6)c5)c5ccc6c(c5)C(c5ccc(Oc7ccc(C=C)cc7)cc5)(c5c(F)ccc(F)c5F)c5ccccc5-6)cc43)cc2)cc1. The molecular formula is C84H53F6NO2. The van der Waals surface area contributed by atoms with Gasteiger partial charge in [0.25, 0.3) is 0 Å². The van der Waals surface area contributed by atoms with E-state index in [1.807, 2.05) is 181 Å². The second-order valence-electron chi connectivity index (χ2n) is 23.1. The standard InChI is InChI=1S/C84H53F6NO2/c1-3-52-24-34-63(35-25-52)92-65-38-28-58(29-39-65)83(79-75(85)44-46-77(87)81(79)89)71-22-10-8-20-67(71)69-42-32-61(50-73(69)83)91(60-19-13-18-57(49-60)56-17-12-16-55(48-56)54-14-6-5-7-15-54)62-33-43-70-68-21-9-11-23-72(68)84(74(70)51-62,80-76(86)45-47-78(88)82(80)90)59-30-40-66(41-31-59)93-64-36-26-53(4-2)27-37-64/h3-51H,1-2H2. The van der Waals surface area contributed by atoms with Gasteiger partial charge in [-0.05, 0) is 204 Å². The van der Waals surface area contributed by atoms with Crippen LogP contribution in [0.2, 0.25) is 0 Å². The number of ether oxygens (including phenoxy) is 2. The molecule has 9 heteroatoms. The van der Waals surface area contributed by atoms with Crippen LogP contribution in [0.1, 0.15) is 55.6 Å². The number of anilines is 3. The maximum atomic E-state index is 17.5. The normalized spacial score (nSPS) is 14.9. The summed E-state index contributed by atoms with van der Waals surface area (Å²) in [5.41, 5.74) is 7.74. The molecule has 0 saturated heterocycles. The van der Waals surface area contributed by atoms with E-state index in [1.54, 1.807) is 72.8 Å². The van der Waals surface area contributed by atoms with Crippen molar-refractivity contribution in [3.8, 4) is 67.5 Å². The van der Waals surface area contributed by atoms with Gasteiger partial charge in [0, 0.05) is 28.2 Å². The first-order chi connectivity index (χ1) is 45.5. The molecular weight excluding hydrogens is 1170 g/mol. The highest BCUT2D eigenvalue weighted by atomic mass is 19.2. The predicted octanol–water partition coefficient (Wildman–Crippen LogP) is 22.9. The lowest BCUT2D eigenvalue weighted by Crippen LogP contribution is -2.32. The Morgan fingerprint density at radius 2 is 0.645 bits per heavy atom. The van der Waals surface area contributed by atoms with E-state index in [-0.39, 0.29) is 0 Å². The Bertz CT molecular complexity index is 4830. The van der Waals surface area contributed by atoms with Crippen molar-refractivity contribution in [3.63, 3.8) is 0 Å². The average molecular weight is 1220 g/mol. The van der Waals surface area contributed by atoms with Crippen molar-refractivity contribution in [3.05, 3.63) is 389 Å². The molecule has 0 amide bonds. The fourth-order valence-corrected chi connectivity index (χ4v) is 13.9. The molecule has 15 rings (SSSR count). The molecule has 0 heterocycles. The molecule has 0 bridgehead atoms. The lowest BCUT2D eigenvalue weighted by molar-refractivity contribution is 0.463. The molecule has 0 radical (unpaired) electrons. The molecule has 2 atom stereocenters. The van der Waals surface area contributed by atoms with Crippen molar-refractivity contribution in [1.82, 2.24) is 0 Å². The van der Waals surface area contributed by atoms with Gasteiger partial charge >= 0.3 is 0 Å². The molecule has 0 aromatic heterocycles. The Morgan fingerprint density at radius 1 is 0.290 bits per heavy atom. The number of hydrogen-bond acceptors (Lipinski definition) is 3. The Hall–Kier alpha value is -11.7. The summed E-state index contributed by atoms with van der Waals surface area (Å²) >= 11 is 0. The van der Waals surface area contributed by atoms with E-state index in [1.165, 1.54) is 0 Å². The first-order valence-electron chi connectivity index (χ1n) is 30.3. The fourth-order valence-electron chi connectivity index (χ4n) is 13.9. The summed E-state index contributed by atoms with van der Waals surface area (Å²) in [4.78, 5) is 1.99. The summed E-state index contributed by atoms with van der Waals surface area (Å²) in [7, 11) is 0. The van der Waals surface area contributed by atoms with Crippen LogP contribution in [0.15, 0.2) is 298 Å². The van der Waals surface area contributed by atoms with Gasteiger partial charge in [0.2, 0.25) is 0 Å². The highest BCUT2D eigenvalue weighted by molar-refractivity contribution is 5.93. The minimum absolute atomic E-state index is 0.414. The number of halogens is 6. The third kappa shape index (κ3) is 9.62. The zero-order valence-corrected chi connectivity index (χ0v) is 49.7. The Morgan fingerprint density at radius 3 is 1.10 bits per heavy atom. The number of hydrogen-bond donors (Lipinski definition) is 0. The van der Waals surface area contributed by atoms with Gasteiger partial charge in [0.15, 0.2) is 23.3 Å². The second kappa shape index (κ2) is 23.3. The molecule has 0 fully saturated rings. The van der Waals surface area contributed by atoms with Crippen molar-refractivity contribution in [2.24, 2.45) is 0 Å². The van der Waals surface area contributed by atoms with Gasteiger partial charge in [-0.3, -0.25) is 0 Å². The maximum absolute atomic E-state index is 17.5. The van der Waals surface area contributed by atoms with Crippen LogP contribution in [-0.4, -0.2) is 0 Å². The average Bonchev–Trinajstić information content (AvgIpc) is 1.56. The Balaban J connectivity index is 0.975. The van der Waals surface area contributed by atoms with Gasteiger partial charge in [-0.25, -0.2) is 26.3 Å². The van der Waals surface area contributed by atoms with Gasteiger partial charge in [-0.1, -0.05) is 195 Å². The van der Waals surface area contributed by atoms with Crippen LogP contribution >= 0.6 is 0 Å². The van der Waals surface area contributed by atoms with Crippen LogP contribution in [0.5, 0.6) is 23.0 Å². The molecule has 13 aromatic rings. The minimum Gasteiger partial charge on any atom is -0.457 e. The van der Waals surface area contributed by atoms with Gasteiger partial charge in [0.05, 0.1) is 10.8 Å². The summed E-state index contributed by atoms with van der Waals surface area (Å²) in [6.07, 6.45) is 3.46. The molecule has 0 spiro atoms. The largest absolute Gasteiger partial charge is 0.457 e. The quantitative estimate of drug-likeness (QED) is 0.0754. The highest BCUT2D eigenvalue weighted by Gasteiger charge is 2.52. The van der Waals surface area contributed by atoms with Crippen molar-refractivity contribution >= 4 is 29.2 Å². The molecule has 3 nitrogen and oxygen atoms in total. The molecule has 93 heavy (non-hydrogen) atoms. The number of rotatable bonds is 15. The van der Waals surface area contributed by atoms with E-state index in [4.69, 9.17) is 9.47 Å². The van der Waals surface area contributed by atoms with Crippen molar-refractivity contribution < 1.29 is 35.8 Å². The lowest BCUT2D eigenvalue weighted by atomic mass is 9.67. The predicted molar refractivity (Wildman–Crippen MR) is 360 cm³/mol. The summed E-state index contributed by atoms with van der Waals surface area (Å²) in [6, 6.07) is 84.5. The van der Waals surface area contributed by atoms with Crippen molar-refractivity contribution in [2.45, 2.75) is 10.8 Å². The number of nitrogens with zero attached hydrogens (tertiary/aromatic N) is 1. The third-order valence-corrected chi connectivity index (χ3v) is 18.1. The Labute approximate surface area is 534 Å². The summed E-state index contributed by atoms with van der Waals surface area (Å²) in [5, 5.41) is 0. The van der Waals surface area contributed by atoms with E-state index in [0.717, 1.165) is 57.6 Å². The molecule has 0 aliphatic heterocycles. The van der Waals surface area contributed by atoms with Crippen LogP contribution < -0.4 is 14.4 Å². The summed E-state index contributed by atoms with van der Waals surface area (Å²) < 4.78 is 115. The number of benzene rings is 13. The van der Waals surface area contributed by atoms with Crippen LogP contribution in [0, 0.1) is 34.9 Å². The molecule has 0 saturated carbocycles. The van der Waals surface area contributed by atoms with Crippen LogP contribution in [0.4, 0.5) is 43.4 Å². The van der Waals surface area contributed by atoms with Gasteiger partial charge in [-0.15, -0.1) is 0 Å². The third-order valence-electron chi connectivity index (χ3n) is 18.1. The van der Waals surface area contributed by atoms with Crippen LogP contribution in [-0.2, 0) is 10.8 Å². The molecule has 2 aliphatic rings. The van der Waals surface area contributed by atoms with E-state index >= 15 is 26.3 Å². The van der Waals surface area contributed by atoms with Gasteiger partial charge in [-0.2, -0.15) is 0 Å². The molecule has 2 aliphatic carbocycles. The van der Waals surface area contributed by atoms with Gasteiger partial charge in [0.1, 0.15) is 34.6 Å². The summed E-state index contributed by atoms with van der Waals surface area (Å²) in [5.74, 6) is -5.16. The van der Waals surface area contributed by atoms with Gasteiger partial charge < -0.3 is 14.4 Å². The second-order valence-corrected chi connectivity index (χ2v) is 23.1. The van der Waals surface area contributed by atoms with E-state index in [2.05, 4.69) is 37.4 Å². The Kier molecular flexibility index (Phi) is 14.5. The highest BCUT2D eigenvalue weighted by Crippen LogP contribution is 2.61.